The van der Waals surface area contributed by atoms with E-state index in [-0.39, 0.29) is 5.41 Å². The minimum absolute atomic E-state index is 0.198. The Labute approximate surface area is 102 Å². The van der Waals surface area contributed by atoms with Gasteiger partial charge in [-0.05, 0) is 21.4 Å². The van der Waals surface area contributed by atoms with Crippen LogP contribution in [0.4, 0.5) is 0 Å². The van der Waals surface area contributed by atoms with Crippen LogP contribution in [0, 0.1) is 5.41 Å². The first kappa shape index (κ1) is 11.8. The summed E-state index contributed by atoms with van der Waals surface area (Å²) in [4.78, 5) is 0. The number of rotatable bonds is 3. The maximum Gasteiger partial charge on any atom is 0.152 e. The molecule has 2 rings (SSSR count). The number of hydrogen-bond donors (Lipinski definition) is 0. The Hall–Kier alpha value is -1.71. The summed E-state index contributed by atoms with van der Waals surface area (Å²) in [5.74, 6) is 0.946. The molecule has 0 aliphatic rings. The van der Waals surface area contributed by atoms with Gasteiger partial charge in [-0.3, -0.25) is 0 Å². The van der Waals surface area contributed by atoms with Crippen LogP contribution in [0.5, 0.6) is 0 Å². The number of nitrogens with zero attached hydrogens (tertiary/aromatic N) is 4. The van der Waals surface area contributed by atoms with Crippen LogP contribution in [-0.4, -0.2) is 20.2 Å². The Morgan fingerprint density at radius 3 is 2.47 bits per heavy atom. The molecular formula is C13H18N4. The van der Waals surface area contributed by atoms with Crippen molar-refractivity contribution < 1.29 is 0 Å². The fourth-order valence-corrected chi connectivity index (χ4v) is 1.70. The number of hydrogen-bond acceptors (Lipinski definition) is 3. The summed E-state index contributed by atoms with van der Waals surface area (Å²) in [6.07, 6.45) is 0.882. The van der Waals surface area contributed by atoms with Crippen LogP contribution in [0.15, 0.2) is 30.3 Å². The van der Waals surface area contributed by atoms with Gasteiger partial charge in [0.25, 0.3) is 0 Å². The third-order valence-electron chi connectivity index (χ3n) is 2.47. The zero-order chi connectivity index (χ0) is 12.3. The van der Waals surface area contributed by atoms with Gasteiger partial charge in [-0.2, -0.15) is 0 Å². The second-order valence-corrected chi connectivity index (χ2v) is 5.48. The van der Waals surface area contributed by atoms with Crippen LogP contribution in [0.1, 0.15) is 32.2 Å². The van der Waals surface area contributed by atoms with Crippen LogP contribution >= 0.6 is 0 Å². The Kier molecular flexibility index (Phi) is 3.22. The minimum Gasteiger partial charge on any atom is -0.225 e. The van der Waals surface area contributed by atoms with E-state index in [4.69, 9.17) is 0 Å². The number of benzene rings is 1. The van der Waals surface area contributed by atoms with Crippen molar-refractivity contribution in [3.05, 3.63) is 41.7 Å². The summed E-state index contributed by atoms with van der Waals surface area (Å²) in [7, 11) is 0. The summed E-state index contributed by atoms with van der Waals surface area (Å²) >= 11 is 0. The van der Waals surface area contributed by atoms with E-state index in [1.165, 1.54) is 5.56 Å². The molecule has 0 amide bonds. The zero-order valence-electron chi connectivity index (χ0n) is 10.6. The summed E-state index contributed by atoms with van der Waals surface area (Å²) in [5, 5.41) is 11.9. The number of aromatic nitrogens is 4. The van der Waals surface area contributed by atoms with Gasteiger partial charge in [-0.1, -0.05) is 51.1 Å². The predicted molar refractivity (Wildman–Crippen MR) is 66.5 cm³/mol. The van der Waals surface area contributed by atoms with E-state index in [1.807, 2.05) is 22.9 Å². The van der Waals surface area contributed by atoms with Gasteiger partial charge in [0, 0.05) is 6.42 Å². The molecule has 1 heterocycles. The lowest BCUT2D eigenvalue weighted by molar-refractivity contribution is 0.389. The largest absolute Gasteiger partial charge is 0.225 e. The highest BCUT2D eigenvalue weighted by Crippen LogP contribution is 2.18. The molecule has 0 atom stereocenters. The SMILES string of the molecule is CC(C)(C)Cc1nnnn1Cc1ccccc1. The Morgan fingerprint density at radius 1 is 1.12 bits per heavy atom. The molecule has 0 N–H and O–H groups in total. The van der Waals surface area contributed by atoms with Crippen molar-refractivity contribution in [2.45, 2.75) is 33.7 Å². The lowest BCUT2D eigenvalue weighted by Gasteiger charge is -2.16. The van der Waals surface area contributed by atoms with Gasteiger partial charge in [0.2, 0.25) is 0 Å². The summed E-state index contributed by atoms with van der Waals surface area (Å²) < 4.78 is 1.88. The summed E-state index contributed by atoms with van der Waals surface area (Å²) in [6, 6.07) is 10.2. The van der Waals surface area contributed by atoms with Crippen molar-refractivity contribution in [2.24, 2.45) is 5.41 Å². The van der Waals surface area contributed by atoms with E-state index in [2.05, 4.69) is 48.4 Å². The summed E-state index contributed by atoms with van der Waals surface area (Å²) in [5.41, 5.74) is 1.42. The Balaban J connectivity index is 2.15. The lowest BCUT2D eigenvalue weighted by atomic mass is 9.92. The van der Waals surface area contributed by atoms with E-state index < -0.39 is 0 Å². The van der Waals surface area contributed by atoms with Crippen LogP contribution in [0.25, 0.3) is 0 Å². The highest BCUT2D eigenvalue weighted by molar-refractivity contribution is 5.15. The maximum absolute atomic E-state index is 4.10. The normalized spacial score (nSPS) is 11.7. The highest BCUT2D eigenvalue weighted by Gasteiger charge is 2.16. The van der Waals surface area contributed by atoms with E-state index in [0.717, 1.165) is 18.8 Å². The van der Waals surface area contributed by atoms with Crippen LogP contribution < -0.4 is 0 Å². The molecule has 4 nitrogen and oxygen atoms in total. The molecule has 0 fully saturated rings. The molecule has 0 radical (unpaired) electrons. The van der Waals surface area contributed by atoms with Gasteiger partial charge in [0.15, 0.2) is 5.82 Å². The van der Waals surface area contributed by atoms with Crippen molar-refractivity contribution in [3.63, 3.8) is 0 Å². The topological polar surface area (TPSA) is 43.6 Å². The predicted octanol–water partition coefficient (Wildman–Crippen LogP) is 2.31. The molecule has 0 saturated heterocycles. The van der Waals surface area contributed by atoms with Crippen molar-refractivity contribution in [1.29, 1.82) is 0 Å². The molecular weight excluding hydrogens is 212 g/mol. The van der Waals surface area contributed by atoms with Gasteiger partial charge in [0.1, 0.15) is 0 Å². The average molecular weight is 230 g/mol. The van der Waals surface area contributed by atoms with Gasteiger partial charge in [-0.25, -0.2) is 4.68 Å². The third kappa shape index (κ3) is 3.37. The Bertz CT molecular complexity index is 468. The fraction of sp³-hybridized carbons (Fsp3) is 0.462. The fourth-order valence-electron chi connectivity index (χ4n) is 1.70. The van der Waals surface area contributed by atoms with E-state index in [0.29, 0.717) is 0 Å². The minimum atomic E-state index is 0.198. The summed E-state index contributed by atoms with van der Waals surface area (Å²) in [6.45, 7) is 7.30. The molecule has 17 heavy (non-hydrogen) atoms. The number of tetrazole rings is 1. The molecule has 0 aliphatic heterocycles. The Morgan fingerprint density at radius 2 is 1.82 bits per heavy atom. The van der Waals surface area contributed by atoms with Gasteiger partial charge in [-0.15, -0.1) is 5.10 Å². The molecule has 0 aliphatic carbocycles. The van der Waals surface area contributed by atoms with E-state index in [1.54, 1.807) is 0 Å². The molecule has 0 unspecified atom stereocenters. The molecule has 0 saturated carbocycles. The molecule has 0 bridgehead atoms. The van der Waals surface area contributed by atoms with Crippen LogP contribution in [-0.2, 0) is 13.0 Å². The first-order valence-electron chi connectivity index (χ1n) is 5.83. The van der Waals surface area contributed by atoms with Crippen molar-refractivity contribution in [1.82, 2.24) is 20.2 Å². The molecule has 1 aromatic heterocycles. The second-order valence-electron chi connectivity index (χ2n) is 5.48. The van der Waals surface area contributed by atoms with Gasteiger partial charge >= 0.3 is 0 Å². The third-order valence-corrected chi connectivity index (χ3v) is 2.47. The average Bonchev–Trinajstić information content (AvgIpc) is 2.65. The van der Waals surface area contributed by atoms with Gasteiger partial charge in [0.05, 0.1) is 6.54 Å². The highest BCUT2D eigenvalue weighted by atomic mass is 15.5. The molecule has 0 spiro atoms. The first-order valence-corrected chi connectivity index (χ1v) is 5.83. The quantitative estimate of drug-likeness (QED) is 0.812. The van der Waals surface area contributed by atoms with Crippen molar-refractivity contribution >= 4 is 0 Å². The molecule has 1 aromatic carbocycles. The molecule has 90 valence electrons. The van der Waals surface area contributed by atoms with E-state index in [9.17, 15) is 0 Å². The maximum atomic E-state index is 4.10. The standard InChI is InChI=1S/C13H18N4/c1-13(2,3)9-12-14-15-16-17(12)10-11-7-5-4-6-8-11/h4-8H,9-10H2,1-3H3. The molecule has 4 heteroatoms. The monoisotopic (exact) mass is 230 g/mol. The zero-order valence-corrected chi connectivity index (χ0v) is 10.6. The van der Waals surface area contributed by atoms with Crippen molar-refractivity contribution in [3.8, 4) is 0 Å². The first-order chi connectivity index (χ1) is 8.04. The lowest BCUT2D eigenvalue weighted by Crippen LogP contribution is -2.15. The van der Waals surface area contributed by atoms with Gasteiger partial charge < -0.3 is 0 Å². The smallest absolute Gasteiger partial charge is 0.152 e. The van der Waals surface area contributed by atoms with Crippen LogP contribution in [0.3, 0.4) is 0 Å². The van der Waals surface area contributed by atoms with Crippen LogP contribution in [0.2, 0.25) is 0 Å². The van der Waals surface area contributed by atoms with E-state index >= 15 is 0 Å². The second kappa shape index (κ2) is 4.65. The van der Waals surface area contributed by atoms with Crippen molar-refractivity contribution in [2.75, 3.05) is 0 Å². The molecule has 2 aromatic rings.